The molecule has 3 unspecified atom stereocenters. The van der Waals surface area contributed by atoms with Gasteiger partial charge >= 0.3 is 0 Å². The predicted molar refractivity (Wildman–Crippen MR) is 66.3 cm³/mol. The van der Waals surface area contributed by atoms with Crippen LogP contribution in [0.5, 0.6) is 0 Å². The maximum atomic E-state index is 13.6. The van der Waals surface area contributed by atoms with Crippen LogP contribution in [0, 0.1) is 11.6 Å². The van der Waals surface area contributed by atoms with E-state index in [1.807, 2.05) is 6.92 Å². The molecule has 1 saturated carbocycles. The lowest BCUT2D eigenvalue weighted by Gasteiger charge is -2.20. The Labute approximate surface area is 106 Å². The van der Waals surface area contributed by atoms with Gasteiger partial charge in [-0.3, -0.25) is 0 Å². The smallest absolute Gasteiger partial charge is 0.130 e. The zero-order chi connectivity index (χ0) is 13.1. The Balaban J connectivity index is 1.97. The third-order valence-corrected chi connectivity index (χ3v) is 3.63. The van der Waals surface area contributed by atoms with E-state index in [0.717, 1.165) is 25.3 Å². The fourth-order valence-corrected chi connectivity index (χ4v) is 2.60. The van der Waals surface area contributed by atoms with Gasteiger partial charge in [0, 0.05) is 30.8 Å². The number of halogens is 2. The topological polar surface area (TPSA) is 21.3 Å². The summed E-state index contributed by atoms with van der Waals surface area (Å²) < 4.78 is 31.8. The molecule has 2 nitrogen and oxygen atoms in total. The van der Waals surface area contributed by atoms with Crippen molar-refractivity contribution in [1.29, 1.82) is 0 Å². The predicted octanol–water partition coefficient (Wildman–Crippen LogP) is 3.18. The average molecular weight is 255 g/mol. The Morgan fingerprint density at radius 1 is 1.33 bits per heavy atom. The number of hydrogen-bond donors (Lipinski definition) is 1. The number of rotatable bonds is 4. The van der Waals surface area contributed by atoms with Crippen molar-refractivity contribution in [3.8, 4) is 0 Å². The van der Waals surface area contributed by atoms with Crippen LogP contribution in [0.25, 0.3) is 0 Å². The molecule has 0 saturated heterocycles. The van der Waals surface area contributed by atoms with Crippen molar-refractivity contribution in [2.75, 3.05) is 7.11 Å². The van der Waals surface area contributed by atoms with Crippen molar-refractivity contribution in [1.82, 2.24) is 5.32 Å². The largest absolute Gasteiger partial charge is 0.381 e. The van der Waals surface area contributed by atoms with Gasteiger partial charge in [-0.15, -0.1) is 0 Å². The third kappa shape index (κ3) is 3.06. The van der Waals surface area contributed by atoms with E-state index >= 15 is 0 Å². The van der Waals surface area contributed by atoms with Crippen molar-refractivity contribution >= 4 is 0 Å². The van der Waals surface area contributed by atoms with E-state index in [1.54, 1.807) is 7.11 Å². The number of hydrogen-bond acceptors (Lipinski definition) is 2. The normalized spacial score (nSPS) is 25.3. The van der Waals surface area contributed by atoms with Gasteiger partial charge < -0.3 is 10.1 Å². The molecule has 18 heavy (non-hydrogen) atoms. The fourth-order valence-electron chi connectivity index (χ4n) is 2.60. The Hall–Kier alpha value is -1.00. The summed E-state index contributed by atoms with van der Waals surface area (Å²) in [6, 6.07) is 3.95. The molecule has 0 bridgehead atoms. The second-order valence-electron chi connectivity index (χ2n) is 4.92. The number of nitrogens with one attached hydrogen (secondary N) is 1. The molecule has 1 aromatic rings. The monoisotopic (exact) mass is 255 g/mol. The van der Waals surface area contributed by atoms with Crippen molar-refractivity contribution < 1.29 is 13.5 Å². The maximum Gasteiger partial charge on any atom is 0.130 e. The van der Waals surface area contributed by atoms with Gasteiger partial charge in [0.25, 0.3) is 0 Å². The molecule has 100 valence electrons. The van der Waals surface area contributed by atoms with Crippen LogP contribution in [0.1, 0.15) is 37.8 Å². The van der Waals surface area contributed by atoms with Gasteiger partial charge in [-0.25, -0.2) is 8.78 Å². The summed E-state index contributed by atoms with van der Waals surface area (Å²) in [6.07, 6.45) is 3.31. The number of benzene rings is 1. The molecule has 1 N–H and O–H groups in total. The highest BCUT2D eigenvalue weighted by Gasteiger charge is 2.26. The SMILES string of the molecule is COC1CCC(NC(C)c2ccc(F)cc2F)C1. The minimum Gasteiger partial charge on any atom is -0.381 e. The fraction of sp³-hybridized carbons (Fsp3) is 0.571. The van der Waals surface area contributed by atoms with Crippen LogP contribution < -0.4 is 5.32 Å². The highest BCUT2D eigenvalue weighted by Crippen LogP contribution is 2.25. The van der Waals surface area contributed by atoms with Crippen LogP contribution in [-0.2, 0) is 4.74 Å². The lowest BCUT2D eigenvalue weighted by atomic mass is 10.1. The summed E-state index contributed by atoms with van der Waals surface area (Å²) in [5.41, 5.74) is 0.511. The van der Waals surface area contributed by atoms with Gasteiger partial charge in [-0.05, 0) is 32.3 Å². The molecule has 0 aliphatic heterocycles. The molecule has 1 aromatic carbocycles. The first-order valence-corrected chi connectivity index (χ1v) is 6.34. The molecule has 0 radical (unpaired) electrons. The zero-order valence-corrected chi connectivity index (χ0v) is 10.7. The summed E-state index contributed by atoms with van der Waals surface area (Å²) in [6.45, 7) is 1.90. The lowest BCUT2D eigenvalue weighted by molar-refractivity contribution is 0.106. The molecule has 1 fully saturated rings. The van der Waals surface area contributed by atoms with Crippen LogP contribution in [0.15, 0.2) is 18.2 Å². The summed E-state index contributed by atoms with van der Waals surface area (Å²) in [5, 5.41) is 3.38. The lowest BCUT2D eigenvalue weighted by Crippen LogP contribution is -2.30. The Morgan fingerprint density at radius 2 is 2.11 bits per heavy atom. The molecule has 0 amide bonds. The van der Waals surface area contributed by atoms with E-state index in [-0.39, 0.29) is 6.04 Å². The number of methoxy groups -OCH3 is 1. The minimum absolute atomic E-state index is 0.119. The van der Waals surface area contributed by atoms with Crippen LogP contribution in [0.4, 0.5) is 8.78 Å². The summed E-state index contributed by atoms with van der Waals surface area (Å²) in [7, 11) is 1.72. The summed E-state index contributed by atoms with van der Waals surface area (Å²) in [5.74, 6) is -1.03. The van der Waals surface area contributed by atoms with Crippen LogP contribution >= 0.6 is 0 Å². The molecule has 1 aliphatic rings. The van der Waals surface area contributed by atoms with Crippen LogP contribution in [0.2, 0.25) is 0 Å². The third-order valence-electron chi connectivity index (χ3n) is 3.63. The molecular weight excluding hydrogens is 236 g/mol. The molecule has 0 spiro atoms. The van der Waals surface area contributed by atoms with Gasteiger partial charge in [0.05, 0.1) is 6.10 Å². The van der Waals surface area contributed by atoms with Crippen LogP contribution in [-0.4, -0.2) is 19.3 Å². The molecule has 2 rings (SSSR count). The van der Waals surface area contributed by atoms with Crippen molar-refractivity contribution in [2.45, 2.75) is 44.4 Å². The minimum atomic E-state index is -0.538. The first kappa shape index (κ1) is 13.4. The Kier molecular flexibility index (Phi) is 4.30. The zero-order valence-electron chi connectivity index (χ0n) is 10.7. The number of ether oxygens (including phenoxy) is 1. The van der Waals surface area contributed by atoms with Crippen molar-refractivity contribution in [2.24, 2.45) is 0 Å². The quantitative estimate of drug-likeness (QED) is 0.892. The first-order chi connectivity index (χ1) is 8.60. The van der Waals surface area contributed by atoms with E-state index < -0.39 is 11.6 Å². The van der Waals surface area contributed by atoms with Gasteiger partial charge in [-0.2, -0.15) is 0 Å². The van der Waals surface area contributed by atoms with E-state index in [1.165, 1.54) is 12.1 Å². The first-order valence-electron chi connectivity index (χ1n) is 6.34. The van der Waals surface area contributed by atoms with Gasteiger partial charge in [0.1, 0.15) is 11.6 Å². The highest BCUT2D eigenvalue weighted by atomic mass is 19.1. The van der Waals surface area contributed by atoms with E-state index in [0.29, 0.717) is 17.7 Å². The average Bonchev–Trinajstić information content (AvgIpc) is 2.76. The second kappa shape index (κ2) is 5.76. The standard InChI is InChI=1S/C14H19F2NO/c1-9(13-6-3-10(15)7-14(13)16)17-11-4-5-12(8-11)18-2/h3,6-7,9,11-12,17H,4-5,8H2,1-2H3. The van der Waals surface area contributed by atoms with E-state index in [4.69, 9.17) is 4.74 Å². The molecular formula is C14H19F2NO. The Morgan fingerprint density at radius 3 is 2.72 bits per heavy atom. The Bertz CT molecular complexity index is 411. The van der Waals surface area contributed by atoms with Crippen LogP contribution in [0.3, 0.4) is 0 Å². The molecule has 1 aliphatic carbocycles. The van der Waals surface area contributed by atoms with E-state index in [2.05, 4.69) is 5.32 Å². The summed E-state index contributed by atoms with van der Waals surface area (Å²) >= 11 is 0. The highest BCUT2D eigenvalue weighted by molar-refractivity contribution is 5.21. The van der Waals surface area contributed by atoms with E-state index in [9.17, 15) is 8.78 Å². The second-order valence-corrected chi connectivity index (χ2v) is 4.92. The maximum absolute atomic E-state index is 13.6. The summed E-state index contributed by atoms with van der Waals surface area (Å²) in [4.78, 5) is 0. The van der Waals surface area contributed by atoms with Gasteiger partial charge in [0.2, 0.25) is 0 Å². The van der Waals surface area contributed by atoms with Gasteiger partial charge in [0.15, 0.2) is 0 Å². The molecule has 0 heterocycles. The molecule has 0 aromatic heterocycles. The van der Waals surface area contributed by atoms with Crippen molar-refractivity contribution in [3.63, 3.8) is 0 Å². The van der Waals surface area contributed by atoms with Gasteiger partial charge in [-0.1, -0.05) is 6.07 Å². The van der Waals surface area contributed by atoms with Crippen molar-refractivity contribution in [3.05, 3.63) is 35.4 Å². The molecule has 3 atom stereocenters. The molecule has 4 heteroatoms.